The number of nitrogens with zero attached hydrogens (tertiary/aromatic N) is 4. The molecular formula is C17H22F2N6O. The number of ether oxygens (including phenoxy) is 1. The molecule has 0 aliphatic carbocycles. The lowest BCUT2D eigenvalue weighted by molar-refractivity contribution is 0.177. The molecule has 0 spiro atoms. The maximum Gasteiger partial charge on any atom is 0.191 e. The lowest BCUT2D eigenvalue weighted by Gasteiger charge is -2.25. The highest BCUT2D eigenvalue weighted by Gasteiger charge is 2.22. The van der Waals surface area contributed by atoms with Crippen molar-refractivity contribution in [3.05, 3.63) is 47.0 Å². The van der Waals surface area contributed by atoms with Gasteiger partial charge >= 0.3 is 0 Å². The highest BCUT2D eigenvalue weighted by molar-refractivity contribution is 5.79. The summed E-state index contributed by atoms with van der Waals surface area (Å²) in [4.78, 5) is 8.62. The molecule has 1 aromatic carbocycles. The summed E-state index contributed by atoms with van der Waals surface area (Å²) >= 11 is 0. The average Bonchev–Trinajstić information content (AvgIpc) is 2.99. The standard InChI is InChI=1S/C17H22F2N6O/c1-20-17(21-8-11-5-12(18)7-13(19)6-11)22-14-3-4-16-23-15(10-26-2)24-25(16)9-14/h5-7,14H,3-4,8-10H2,1-2H3,(H2,20,21,22). The molecule has 0 saturated carbocycles. The van der Waals surface area contributed by atoms with Crippen LogP contribution in [0.15, 0.2) is 23.2 Å². The predicted molar refractivity (Wildman–Crippen MR) is 92.5 cm³/mol. The van der Waals surface area contributed by atoms with Crippen molar-refractivity contribution in [3.8, 4) is 0 Å². The number of aromatic nitrogens is 3. The van der Waals surface area contributed by atoms with E-state index in [1.165, 1.54) is 12.1 Å². The highest BCUT2D eigenvalue weighted by Crippen LogP contribution is 2.13. The molecule has 2 aromatic rings. The fraction of sp³-hybridized carbons (Fsp3) is 0.471. The number of nitrogens with one attached hydrogen (secondary N) is 2. The SMILES string of the molecule is CN=C(NCc1cc(F)cc(F)c1)NC1CCc2nc(COC)nn2C1. The van der Waals surface area contributed by atoms with Crippen molar-refractivity contribution in [1.29, 1.82) is 0 Å². The van der Waals surface area contributed by atoms with Crippen LogP contribution in [-0.4, -0.2) is 40.9 Å². The third kappa shape index (κ3) is 4.54. The van der Waals surface area contributed by atoms with Gasteiger partial charge in [-0.25, -0.2) is 18.4 Å². The van der Waals surface area contributed by atoms with Crippen molar-refractivity contribution in [2.24, 2.45) is 4.99 Å². The number of methoxy groups -OCH3 is 1. The molecule has 3 rings (SSSR count). The zero-order valence-electron chi connectivity index (χ0n) is 14.8. The second kappa shape index (κ2) is 8.22. The summed E-state index contributed by atoms with van der Waals surface area (Å²) in [6, 6.07) is 3.58. The molecule has 1 unspecified atom stereocenters. The third-order valence-corrected chi connectivity index (χ3v) is 4.12. The number of rotatable bonds is 5. The Labute approximate surface area is 150 Å². The summed E-state index contributed by atoms with van der Waals surface area (Å²) < 4.78 is 33.5. The van der Waals surface area contributed by atoms with Gasteiger partial charge in [-0.3, -0.25) is 4.99 Å². The summed E-state index contributed by atoms with van der Waals surface area (Å²) in [5.74, 6) is 1.01. The third-order valence-electron chi connectivity index (χ3n) is 4.12. The van der Waals surface area contributed by atoms with E-state index in [0.29, 0.717) is 30.5 Å². The minimum absolute atomic E-state index is 0.134. The van der Waals surface area contributed by atoms with E-state index in [1.54, 1.807) is 14.2 Å². The van der Waals surface area contributed by atoms with Crippen molar-refractivity contribution in [3.63, 3.8) is 0 Å². The van der Waals surface area contributed by atoms with E-state index in [9.17, 15) is 8.78 Å². The monoisotopic (exact) mass is 364 g/mol. The van der Waals surface area contributed by atoms with Gasteiger partial charge in [-0.1, -0.05) is 0 Å². The second-order valence-corrected chi connectivity index (χ2v) is 6.14. The summed E-state index contributed by atoms with van der Waals surface area (Å²) in [6.45, 7) is 1.33. The van der Waals surface area contributed by atoms with Crippen molar-refractivity contribution in [2.75, 3.05) is 14.2 Å². The molecule has 0 fully saturated rings. The molecular weight excluding hydrogens is 342 g/mol. The van der Waals surface area contributed by atoms with Gasteiger partial charge in [0.1, 0.15) is 24.1 Å². The predicted octanol–water partition coefficient (Wildman–Crippen LogP) is 1.38. The van der Waals surface area contributed by atoms with Gasteiger partial charge in [-0.2, -0.15) is 5.10 Å². The summed E-state index contributed by atoms with van der Waals surface area (Å²) in [5, 5.41) is 10.8. The van der Waals surface area contributed by atoms with Crippen molar-refractivity contribution < 1.29 is 13.5 Å². The molecule has 1 aromatic heterocycles. The molecule has 1 atom stereocenters. The van der Waals surface area contributed by atoms with Crippen LogP contribution in [0.1, 0.15) is 23.6 Å². The van der Waals surface area contributed by atoms with Gasteiger partial charge in [0.25, 0.3) is 0 Å². The van der Waals surface area contributed by atoms with Gasteiger partial charge < -0.3 is 15.4 Å². The van der Waals surface area contributed by atoms with Gasteiger partial charge in [0.05, 0.1) is 6.54 Å². The quantitative estimate of drug-likeness (QED) is 0.619. The van der Waals surface area contributed by atoms with E-state index in [1.807, 2.05) is 4.68 Å². The zero-order chi connectivity index (χ0) is 18.5. The zero-order valence-corrected chi connectivity index (χ0v) is 14.8. The molecule has 9 heteroatoms. The number of benzene rings is 1. The number of halogens is 2. The molecule has 26 heavy (non-hydrogen) atoms. The number of hydrogen-bond acceptors (Lipinski definition) is 4. The van der Waals surface area contributed by atoms with Gasteiger partial charge in [0.2, 0.25) is 0 Å². The fourth-order valence-corrected chi connectivity index (χ4v) is 2.96. The molecule has 140 valence electrons. The van der Waals surface area contributed by atoms with Crippen molar-refractivity contribution >= 4 is 5.96 Å². The highest BCUT2D eigenvalue weighted by atomic mass is 19.1. The van der Waals surface area contributed by atoms with Gasteiger partial charge in [0, 0.05) is 39.2 Å². The first-order chi connectivity index (χ1) is 12.6. The van der Waals surface area contributed by atoms with Gasteiger partial charge in [0.15, 0.2) is 11.8 Å². The first kappa shape index (κ1) is 18.2. The lowest BCUT2D eigenvalue weighted by atomic mass is 10.1. The summed E-state index contributed by atoms with van der Waals surface area (Å²) in [7, 11) is 3.27. The minimum atomic E-state index is -0.595. The van der Waals surface area contributed by atoms with E-state index >= 15 is 0 Å². The number of guanidine groups is 1. The minimum Gasteiger partial charge on any atom is -0.377 e. The Morgan fingerprint density at radius 2 is 2.12 bits per heavy atom. The largest absolute Gasteiger partial charge is 0.377 e. The number of fused-ring (bicyclic) bond motifs is 1. The van der Waals surface area contributed by atoms with Crippen LogP contribution in [-0.2, 0) is 30.9 Å². The molecule has 0 radical (unpaired) electrons. The Bertz CT molecular complexity index is 771. The number of hydrogen-bond donors (Lipinski definition) is 2. The van der Waals surface area contributed by atoms with E-state index < -0.39 is 11.6 Å². The van der Waals surface area contributed by atoms with E-state index in [0.717, 1.165) is 24.7 Å². The van der Waals surface area contributed by atoms with Crippen LogP contribution >= 0.6 is 0 Å². The van der Waals surface area contributed by atoms with Crippen molar-refractivity contribution in [2.45, 2.75) is 38.6 Å². The van der Waals surface area contributed by atoms with Crippen LogP contribution in [0.25, 0.3) is 0 Å². The second-order valence-electron chi connectivity index (χ2n) is 6.14. The Kier molecular flexibility index (Phi) is 5.77. The first-order valence-electron chi connectivity index (χ1n) is 8.41. The van der Waals surface area contributed by atoms with Crippen molar-refractivity contribution in [1.82, 2.24) is 25.4 Å². The Morgan fingerprint density at radius 3 is 2.81 bits per heavy atom. The Morgan fingerprint density at radius 1 is 1.35 bits per heavy atom. The van der Waals surface area contributed by atoms with E-state index in [-0.39, 0.29) is 12.6 Å². The molecule has 2 heterocycles. The summed E-state index contributed by atoms with van der Waals surface area (Å²) in [5.41, 5.74) is 0.511. The van der Waals surface area contributed by atoms with E-state index in [4.69, 9.17) is 4.74 Å². The van der Waals surface area contributed by atoms with Crippen LogP contribution in [0.5, 0.6) is 0 Å². The molecule has 0 bridgehead atoms. The molecule has 0 saturated heterocycles. The fourth-order valence-electron chi connectivity index (χ4n) is 2.96. The lowest BCUT2D eigenvalue weighted by Crippen LogP contribution is -2.46. The average molecular weight is 364 g/mol. The first-order valence-corrected chi connectivity index (χ1v) is 8.41. The molecule has 1 aliphatic rings. The Hall–Kier alpha value is -2.55. The smallest absolute Gasteiger partial charge is 0.191 e. The van der Waals surface area contributed by atoms with Gasteiger partial charge in [-0.05, 0) is 24.1 Å². The van der Waals surface area contributed by atoms with Crippen LogP contribution in [0.4, 0.5) is 8.78 Å². The normalized spacial score (nSPS) is 17.1. The molecule has 1 aliphatic heterocycles. The maximum absolute atomic E-state index is 13.3. The topological polar surface area (TPSA) is 76.4 Å². The van der Waals surface area contributed by atoms with Crippen LogP contribution in [0, 0.1) is 11.6 Å². The molecule has 0 amide bonds. The van der Waals surface area contributed by atoms with Crippen LogP contribution < -0.4 is 10.6 Å². The van der Waals surface area contributed by atoms with Crippen LogP contribution in [0.3, 0.4) is 0 Å². The molecule has 7 nitrogen and oxygen atoms in total. The van der Waals surface area contributed by atoms with Crippen LogP contribution in [0.2, 0.25) is 0 Å². The maximum atomic E-state index is 13.3. The number of aryl methyl sites for hydroxylation is 1. The summed E-state index contributed by atoms with van der Waals surface area (Å²) in [6.07, 6.45) is 1.70. The number of aliphatic imine (C=N–C) groups is 1. The Balaban J connectivity index is 1.56. The van der Waals surface area contributed by atoms with E-state index in [2.05, 4.69) is 25.7 Å². The van der Waals surface area contributed by atoms with Gasteiger partial charge in [-0.15, -0.1) is 0 Å². The molecule has 2 N–H and O–H groups in total.